The molecule has 0 aromatic carbocycles. The zero-order valence-corrected chi connectivity index (χ0v) is 20.1. The van der Waals surface area contributed by atoms with E-state index in [-0.39, 0.29) is 35.4 Å². The van der Waals surface area contributed by atoms with Crippen LogP contribution in [0.3, 0.4) is 0 Å². The lowest BCUT2D eigenvalue weighted by atomic mass is 9.91. The Morgan fingerprint density at radius 3 is 2.55 bits per heavy atom. The second kappa shape index (κ2) is 8.71. The van der Waals surface area contributed by atoms with Crippen molar-refractivity contribution in [3.05, 3.63) is 16.0 Å². The molecule has 1 unspecified atom stereocenters. The predicted molar refractivity (Wildman–Crippen MR) is 127 cm³/mol. The molecule has 12 heteroatoms. The monoisotopic (exact) mass is 492 g/mol. The van der Waals surface area contributed by atoms with E-state index in [9.17, 15) is 18.0 Å². The number of hydrogen-bond acceptors (Lipinski definition) is 7. The predicted octanol–water partition coefficient (Wildman–Crippen LogP) is 1.35. The Morgan fingerprint density at radius 1 is 1.09 bits per heavy atom. The summed E-state index contributed by atoms with van der Waals surface area (Å²) in [7, 11) is -3.88. The van der Waals surface area contributed by atoms with Gasteiger partial charge in [-0.25, -0.2) is 0 Å². The van der Waals surface area contributed by atoms with Gasteiger partial charge in [0, 0.05) is 29.9 Å². The van der Waals surface area contributed by atoms with Crippen LogP contribution in [0.1, 0.15) is 59.8 Å². The normalized spacial score (nSPS) is 23.2. The van der Waals surface area contributed by atoms with E-state index in [2.05, 4.69) is 30.1 Å². The molecular formula is C21H28N6O4S2. The molecular weight excluding hydrogens is 464 g/mol. The summed E-state index contributed by atoms with van der Waals surface area (Å²) in [6.45, 7) is 3.02. The molecule has 1 aromatic heterocycles. The lowest BCUT2D eigenvalue weighted by molar-refractivity contribution is -0.117. The number of nitrogens with one attached hydrogen (secondary N) is 4. The smallest absolute Gasteiger partial charge is 0.367 e. The van der Waals surface area contributed by atoms with Gasteiger partial charge in [-0.15, -0.1) is 20.1 Å². The molecule has 0 radical (unpaired) electrons. The van der Waals surface area contributed by atoms with E-state index in [1.807, 2.05) is 6.92 Å². The first-order valence-corrected chi connectivity index (χ1v) is 13.7. The molecule has 178 valence electrons. The van der Waals surface area contributed by atoms with Gasteiger partial charge < -0.3 is 21.3 Å². The molecule has 1 atom stereocenters. The van der Waals surface area contributed by atoms with Crippen molar-refractivity contribution in [3.8, 4) is 0 Å². The lowest BCUT2D eigenvalue weighted by Crippen LogP contribution is -2.45. The molecule has 4 N–H and O–H groups in total. The molecule has 5 rings (SSSR count). The van der Waals surface area contributed by atoms with Gasteiger partial charge in [0.2, 0.25) is 5.91 Å². The Hall–Kier alpha value is -2.47. The fraction of sp³-hybridized carbons (Fsp3) is 0.619. The summed E-state index contributed by atoms with van der Waals surface area (Å²) in [5.74, 6) is 0.856. The molecule has 4 aliphatic rings. The SMILES string of the molecule is CCNC1=NS(=O)(=O)N=C1NC1CCc2sc(NC(=O)C3CC3)c(C(=O)NCC3CC3)c2C1. The lowest BCUT2D eigenvalue weighted by Gasteiger charge is -2.25. The Labute approximate surface area is 196 Å². The molecule has 1 aliphatic heterocycles. The number of carbonyl (C=O) groups excluding carboxylic acids is 2. The zero-order chi connectivity index (χ0) is 23.2. The number of likely N-dealkylation sites (N-methyl/N-ethyl adjacent to an activating group) is 1. The van der Waals surface area contributed by atoms with Crippen LogP contribution in [0.15, 0.2) is 8.80 Å². The second-order valence-corrected chi connectivity index (χ2v) is 11.4. The van der Waals surface area contributed by atoms with Crippen LogP contribution in [0.25, 0.3) is 0 Å². The molecule has 2 heterocycles. The molecule has 2 amide bonds. The third-order valence-electron chi connectivity index (χ3n) is 6.24. The summed E-state index contributed by atoms with van der Waals surface area (Å²) in [6.07, 6.45) is 6.09. The molecule has 0 saturated heterocycles. The first kappa shape index (κ1) is 22.3. The van der Waals surface area contributed by atoms with Crippen molar-refractivity contribution in [1.82, 2.24) is 16.0 Å². The third kappa shape index (κ3) is 5.06. The van der Waals surface area contributed by atoms with E-state index < -0.39 is 10.2 Å². The number of carbonyl (C=O) groups is 2. The van der Waals surface area contributed by atoms with Gasteiger partial charge in [-0.3, -0.25) is 9.59 Å². The minimum atomic E-state index is -3.88. The van der Waals surface area contributed by atoms with Gasteiger partial charge in [0.05, 0.1) is 5.56 Å². The highest BCUT2D eigenvalue weighted by atomic mass is 32.2. The van der Waals surface area contributed by atoms with Crippen molar-refractivity contribution in [3.63, 3.8) is 0 Å². The summed E-state index contributed by atoms with van der Waals surface area (Å²) in [6, 6.07) is -0.107. The van der Waals surface area contributed by atoms with Crippen LogP contribution in [0, 0.1) is 11.8 Å². The van der Waals surface area contributed by atoms with Crippen LogP contribution in [-0.2, 0) is 27.8 Å². The number of amides is 2. The summed E-state index contributed by atoms with van der Waals surface area (Å²) in [5, 5.41) is 12.8. The molecule has 3 aliphatic carbocycles. The summed E-state index contributed by atoms with van der Waals surface area (Å²) < 4.78 is 31.1. The average molecular weight is 493 g/mol. The number of rotatable bonds is 7. The Kier molecular flexibility index (Phi) is 5.89. The average Bonchev–Trinajstić information content (AvgIpc) is 3.67. The van der Waals surface area contributed by atoms with Crippen molar-refractivity contribution in [2.75, 3.05) is 18.4 Å². The zero-order valence-electron chi connectivity index (χ0n) is 18.4. The van der Waals surface area contributed by atoms with Gasteiger partial charge in [0.25, 0.3) is 5.91 Å². The van der Waals surface area contributed by atoms with E-state index in [0.29, 0.717) is 36.0 Å². The van der Waals surface area contributed by atoms with Gasteiger partial charge in [0.15, 0.2) is 11.7 Å². The Morgan fingerprint density at radius 2 is 1.85 bits per heavy atom. The van der Waals surface area contributed by atoms with Gasteiger partial charge in [0.1, 0.15) is 5.00 Å². The second-order valence-electron chi connectivity index (χ2n) is 9.07. The van der Waals surface area contributed by atoms with Gasteiger partial charge in [-0.1, -0.05) is 0 Å². The van der Waals surface area contributed by atoms with Crippen LogP contribution >= 0.6 is 11.3 Å². The van der Waals surface area contributed by atoms with E-state index in [1.165, 1.54) is 11.3 Å². The van der Waals surface area contributed by atoms with Crippen molar-refractivity contribution >= 4 is 50.0 Å². The minimum absolute atomic E-state index is 0.0171. The highest BCUT2D eigenvalue weighted by molar-refractivity contribution is 7.89. The van der Waals surface area contributed by atoms with E-state index in [4.69, 9.17) is 0 Å². The minimum Gasteiger partial charge on any atom is -0.367 e. The number of amidine groups is 2. The van der Waals surface area contributed by atoms with Crippen LogP contribution < -0.4 is 21.3 Å². The van der Waals surface area contributed by atoms with Crippen molar-refractivity contribution in [2.24, 2.45) is 20.6 Å². The van der Waals surface area contributed by atoms with E-state index in [1.54, 1.807) is 0 Å². The molecule has 33 heavy (non-hydrogen) atoms. The maximum atomic E-state index is 13.2. The van der Waals surface area contributed by atoms with E-state index in [0.717, 1.165) is 49.0 Å². The number of hydrogen-bond donors (Lipinski definition) is 4. The largest absolute Gasteiger partial charge is 0.367 e. The summed E-state index contributed by atoms with van der Waals surface area (Å²) in [4.78, 5) is 26.7. The summed E-state index contributed by atoms with van der Waals surface area (Å²) in [5.41, 5.74) is 1.48. The molecule has 1 aromatic rings. The molecule has 0 spiro atoms. The third-order valence-corrected chi connectivity index (χ3v) is 8.28. The number of nitrogens with zero attached hydrogens (tertiary/aromatic N) is 2. The molecule has 10 nitrogen and oxygen atoms in total. The highest BCUT2D eigenvalue weighted by Crippen LogP contribution is 2.40. The van der Waals surface area contributed by atoms with Crippen LogP contribution in [0.2, 0.25) is 0 Å². The van der Waals surface area contributed by atoms with Crippen LogP contribution in [0.4, 0.5) is 5.00 Å². The summed E-state index contributed by atoms with van der Waals surface area (Å²) >= 11 is 1.48. The fourth-order valence-electron chi connectivity index (χ4n) is 4.15. The molecule has 0 bridgehead atoms. The van der Waals surface area contributed by atoms with Crippen molar-refractivity contribution in [2.45, 2.75) is 57.9 Å². The number of fused-ring (bicyclic) bond motifs is 1. The van der Waals surface area contributed by atoms with Gasteiger partial charge >= 0.3 is 10.2 Å². The van der Waals surface area contributed by atoms with Crippen molar-refractivity contribution in [1.29, 1.82) is 0 Å². The van der Waals surface area contributed by atoms with E-state index >= 15 is 0 Å². The topological polar surface area (TPSA) is 141 Å². The maximum Gasteiger partial charge on any atom is 0.367 e. The van der Waals surface area contributed by atoms with Gasteiger partial charge in [-0.05, 0) is 63.4 Å². The van der Waals surface area contributed by atoms with Crippen LogP contribution in [-0.4, -0.2) is 51.0 Å². The van der Waals surface area contributed by atoms with Gasteiger partial charge in [-0.2, -0.15) is 8.42 Å². The first-order chi connectivity index (χ1) is 15.8. The fourth-order valence-corrected chi connectivity index (χ4v) is 6.19. The number of aryl methyl sites for hydroxylation is 1. The maximum absolute atomic E-state index is 13.2. The standard InChI is InChI=1S/C21H28N6O4S2/c1-2-22-17-18(27-33(30,31)26-17)24-13-7-8-15-14(9-13)16(20(29)23-10-11-3-4-11)21(32-15)25-19(28)12-5-6-12/h11-13H,2-10H2,1H3,(H,22,26)(H,23,29)(H,24,27)(H,25,28). The quantitative estimate of drug-likeness (QED) is 0.453. The number of thiophene rings is 1. The van der Waals surface area contributed by atoms with Crippen LogP contribution in [0.5, 0.6) is 0 Å². The number of anilines is 1. The van der Waals surface area contributed by atoms with Crippen molar-refractivity contribution < 1.29 is 18.0 Å². The Balaban J connectivity index is 1.37. The molecule has 2 saturated carbocycles. The highest BCUT2D eigenvalue weighted by Gasteiger charge is 2.35. The first-order valence-electron chi connectivity index (χ1n) is 11.5. The molecule has 2 fully saturated rings. The Bertz CT molecular complexity index is 1150.